The van der Waals surface area contributed by atoms with Crippen LogP contribution in [0.15, 0.2) is 18.7 Å². The molecule has 0 aliphatic heterocycles. The predicted molar refractivity (Wildman–Crippen MR) is 65.8 cm³/mol. The number of rotatable bonds is 5. The van der Waals surface area contributed by atoms with E-state index >= 15 is 0 Å². The van der Waals surface area contributed by atoms with Crippen LogP contribution in [0.25, 0.3) is 0 Å². The van der Waals surface area contributed by atoms with Crippen LogP contribution >= 0.6 is 0 Å². The van der Waals surface area contributed by atoms with Gasteiger partial charge in [0.25, 0.3) is 5.91 Å². The second kappa shape index (κ2) is 5.46. The second-order valence-electron chi connectivity index (χ2n) is 3.99. The molecule has 96 valence electrons. The molecule has 0 fully saturated rings. The third-order valence-corrected chi connectivity index (χ3v) is 2.63. The molecule has 2 heterocycles. The first kappa shape index (κ1) is 12.3. The molecule has 0 aromatic carbocycles. The number of aromatic nitrogens is 4. The molecule has 18 heavy (non-hydrogen) atoms. The zero-order valence-corrected chi connectivity index (χ0v) is 10.2. The van der Waals surface area contributed by atoms with Gasteiger partial charge in [-0.05, 0) is 6.92 Å². The lowest BCUT2D eigenvalue weighted by molar-refractivity contribution is 0.0946. The largest absolute Gasteiger partial charge is 0.346 e. The van der Waals surface area contributed by atoms with Gasteiger partial charge in [0.1, 0.15) is 5.69 Å². The maximum Gasteiger partial charge on any atom is 0.271 e. The van der Waals surface area contributed by atoms with Crippen LogP contribution in [0.2, 0.25) is 0 Å². The molecule has 0 atom stereocenters. The van der Waals surface area contributed by atoms with Gasteiger partial charge in [0.15, 0.2) is 0 Å². The van der Waals surface area contributed by atoms with Crippen molar-refractivity contribution < 1.29 is 4.79 Å². The molecule has 7 heteroatoms. The summed E-state index contributed by atoms with van der Waals surface area (Å²) in [5.74, 6) is -0.202. The highest BCUT2D eigenvalue weighted by molar-refractivity contribution is 5.91. The third-order valence-electron chi connectivity index (χ3n) is 2.63. The number of nitrogens with two attached hydrogens (primary N) is 1. The fourth-order valence-corrected chi connectivity index (χ4v) is 1.57. The molecule has 0 saturated heterocycles. The first-order valence-corrected chi connectivity index (χ1v) is 5.69. The van der Waals surface area contributed by atoms with Gasteiger partial charge in [-0.2, -0.15) is 5.10 Å². The quantitative estimate of drug-likeness (QED) is 0.682. The standard InChI is InChI=1S/C11H16N6O/c1-8-9(5-15-16-8)4-13-11(18)10-6-17(3-2-12)7-14-10/h5-7H,2-4,12H2,1H3,(H,13,18)(H,15,16). The number of carbonyl (C=O) groups is 1. The molecule has 0 radical (unpaired) electrons. The highest BCUT2D eigenvalue weighted by Gasteiger charge is 2.09. The molecular weight excluding hydrogens is 232 g/mol. The van der Waals surface area contributed by atoms with Gasteiger partial charge in [0.2, 0.25) is 0 Å². The van der Waals surface area contributed by atoms with E-state index in [1.165, 1.54) is 0 Å². The number of H-pyrrole nitrogens is 1. The number of nitrogens with one attached hydrogen (secondary N) is 2. The molecule has 0 spiro atoms. The summed E-state index contributed by atoms with van der Waals surface area (Å²) in [6.07, 6.45) is 4.98. The Morgan fingerprint density at radius 2 is 2.44 bits per heavy atom. The molecule has 0 bridgehead atoms. The number of aromatic amines is 1. The summed E-state index contributed by atoms with van der Waals surface area (Å²) in [4.78, 5) is 15.8. The number of imidazole rings is 1. The van der Waals surface area contributed by atoms with E-state index in [2.05, 4.69) is 20.5 Å². The lowest BCUT2D eigenvalue weighted by Gasteiger charge is -2.01. The molecule has 4 N–H and O–H groups in total. The van der Waals surface area contributed by atoms with Gasteiger partial charge >= 0.3 is 0 Å². The van der Waals surface area contributed by atoms with Crippen LogP contribution in [0, 0.1) is 6.92 Å². The molecule has 7 nitrogen and oxygen atoms in total. The molecule has 1 amide bonds. The number of amides is 1. The van der Waals surface area contributed by atoms with E-state index in [-0.39, 0.29) is 5.91 Å². The monoisotopic (exact) mass is 248 g/mol. The summed E-state index contributed by atoms with van der Waals surface area (Å²) in [6, 6.07) is 0. The smallest absolute Gasteiger partial charge is 0.271 e. The minimum absolute atomic E-state index is 0.202. The third kappa shape index (κ3) is 2.75. The topological polar surface area (TPSA) is 102 Å². The Bertz CT molecular complexity index is 529. The Morgan fingerprint density at radius 1 is 1.61 bits per heavy atom. The molecular formula is C11H16N6O. The van der Waals surface area contributed by atoms with E-state index in [9.17, 15) is 4.79 Å². The first-order chi connectivity index (χ1) is 8.70. The fraction of sp³-hybridized carbons (Fsp3) is 0.364. The maximum absolute atomic E-state index is 11.8. The van der Waals surface area contributed by atoms with Crippen molar-refractivity contribution >= 4 is 5.91 Å². The van der Waals surface area contributed by atoms with Crippen LogP contribution in [0.4, 0.5) is 0 Å². The molecule has 2 rings (SSSR count). The molecule has 0 aliphatic carbocycles. The van der Waals surface area contributed by atoms with Crippen LogP contribution in [0.5, 0.6) is 0 Å². The van der Waals surface area contributed by atoms with Crippen LogP contribution < -0.4 is 11.1 Å². The number of hydrogen-bond acceptors (Lipinski definition) is 4. The minimum atomic E-state index is -0.202. The van der Waals surface area contributed by atoms with Crippen molar-refractivity contribution in [1.82, 2.24) is 25.1 Å². The number of nitrogens with zero attached hydrogens (tertiary/aromatic N) is 3. The maximum atomic E-state index is 11.8. The average molecular weight is 248 g/mol. The van der Waals surface area contributed by atoms with Gasteiger partial charge in [-0.25, -0.2) is 4.98 Å². The number of hydrogen-bond donors (Lipinski definition) is 3. The van der Waals surface area contributed by atoms with Crippen molar-refractivity contribution in [3.63, 3.8) is 0 Å². The summed E-state index contributed by atoms with van der Waals surface area (Å²) in [6.45, 7) is 3.52. The van der Waals surface area contributed by atoms with Gasteiger partial charge in [-0.15, -0.1) is 0 Å². The van der Waals surface area contributed by atoms with E-state index in [1.807, 2.05) is 6.92 Å². The number of aryl methyl sites for hydroxylation is 1. The zero-order chi connectivity index (χ0) is 13.0. The zero-order valence-electron chi connectivity index (χ0n) is 10.2. The average Bonchev–Trinajstić information content (AvgIpc) is 2.96. The van der Waals surface area contributed by atoms with Crippen molar-refractivity contribution in [1.29, 1.82) is 0 Å². The Kier molecular flexibility index (Phi) is 3.73. The minimum Gasteiger partial charge on any atom is -0.346 e. The second-order valence-corrected chi connectivity index (χ2v) is 3.99. The highest BCUT2D eigenvalue weighted by atomic mass is 16.1. The molecule has 2 aromatic heterocycles. The predicted octanol–water partition coefficient (Wildman–Crippen LogP) is -0.197. The lowest BCUT2D eigenvalue weighted by Crippen LogP contribution is -2.23. The Morgan fingerprint density at radius 3 is 3.11 bits per heavy atom. The SMILES string of the molecule is Cc1[nH]ncc1CNC(=O)c1cn(CCN)cn1. The van der Waals surface area contributed by atoms with E-state index in [1.54, 1.807) is 23.3 Å². The van der Waals surface area contributed by atoms with E-state index in [4.69, 9.17) is 5.73 Å². The van der Waals surface area contributed by atoms with E-state index < -0.39 is 0 Å². The Balaban J connectivity index is 1.93. The molecule has 2 aromatic rings. The lowest BCUT2D eigenvalue weighted by atomic mass is 10.2. The van der Waals surface area contributed by atoms with Crippen LogP contribution in [-0.2, 0) is 13.1 Å². The molecule has 0 saturated carbocycles. The Hall–Kier alpha value is -2.15. The van der Waals surface area contributed by atoms with Gasteiger partial charge in [0, 0.05) is 37.1 Å². The van der Waals surface area contributed by atoms with Crippen LogP contribution in [0.1, 0.15) is 21.7 Å². The summed E-state index contributed by atoms with van der Waals surface area (Å²) in [5.41, 5.74) is 7.73. The van der Waals surface area contributed by atoms with Gasteiger partial charge in [-0.3, -0.25) is 9.89 Å². The van der Waals surface area contributed by atoms with Crippen molar-refractivity contribution in [2.45, 2.75) is 20.0 Å². The summed E-state index contributed by atoms with van der Waals surface area (Å²) >= 11 is 0. The van der Waals surface area contributed by atoms with Crippen LogP contribution in [0.3, 0.4) is 0 Å². The Labute approximate surface area is 104 Å². The van der Waals surface area contributed by atoms with Crippen molar-refractivity contribution in [2.24, 2.45) is 5.73 Å². The summed E-state index contributed by atoms with van der Waals surface area (Å²) in [5, 5.41) is 9.50. The fourth-order valence-electron chi connectivity index (χ4n) is 1.57. The normalized spacial score (nSPS) is 10.6. The summed E-state index contributed by atoms with van der Waals surface area (Å²) < 4.78 is 1.79. The van der Waals surface area contributed by atoms with E-state index in [0.717, 1.165) is 11.3 Å². The molecule has 0 unspecified atom stereocenters. The first-order valence-electron chi connectivity index (χ1n) is 5.69. The summed E-state index contributed by atoms with van der Waals surface area (Å²) in [7, 11) is 0. The van der Waals surface area contributed by atoms with Crippen molar-refractivity contribution in [3.8, 4) is 0 Å². The van der Waals surface area contributed by atoms with Crippen LogP contribution in [-0.4, -0.2) is 32.2 Å². The molecule has 0 aliphatic rings. The highest BCUT2D eigenvalue weighted by Crippen LogP contribution is 2.02. The van der Waals surface area contributed by atoms with Crippen molar-refractivity contribution in [3.05, 3.63) is 35.7 Å². The van der Waals surface area contributed by atoms with E-state index in [0.29, 0.717) is 25.3 Å². The van der Waals surface area contributed by atoms with Gasteiger partial charge in [-0.1, -0.05) is 0 Å². The number of carbonyl (C=O) groups excluding carboxylic acids is 1. The van der Waals surface area contributed by atoms with Crippen molar-refractivity contribution in [2.75, 3.05) is 6.54 Å². The van der Waals surface area contributed by atoms with Gasteiger partial charge < -0.3 is 15.6 Å². The van der Waals surface area contributed by atoms with Gasteiger partial charge in [0.05, 0.1) is 12.5 Å².